The van der Waals surface area contributed by atoms with Gasteiger partial charge in [-0.1, -0.05) is 6.07 Å². The number of benzene rings is 1. The predicted molar refractivity (Wildman–Crippen MR) is 63.0 cm³/mol. The maximum Gasteiger partial charge on any atom is 0.310 e. The number of esters is 1. The van der Waals surface area contributed by atoms with Crippen LogP contribution in [0.3, 0.4) is 0 Å². The van der Waals surface area contributed by atoms with Gasteiger partial charge >= 0.3 is 5.97 Å². The maximum absolute atomic E-state index is 11.2. The van der Waals surface area contributed by atoms with E-state index in [0.717, 1.165) is 16.7 Å². The maximum atomic E-state index is 11.2. The Bertz CT molecular complexity index is 388. The second-order valence-corrected chi connectivity index (χ2v) is 3.74. The lowest BCUT2D eigenvalue weighted by atomic mass is 10.0. The van der Waals surface area contributed by atoms with Crippen LogP contribution in [0.2, 0.25) is 0 Å². The van der Waals surface area contributed by atoms with Crippen LogP contribution >= 0.6 is 11.6 Å². The lowest BCUT2D eigenvalue weighted by molar-refractivity contribution is -0.139. The van der Waals surface area contributed by atoms with Crippen molar-refractivity contribution in [3.05, 3.63) is 28.8 Å². The molecule has 0 aliphatic heterocycles. The lowest BCUT2D eigenvalue weighted by Gasteiger charge is -2.11. The van der Waals surface area contributed by atoms with Crippen molar-refractivity contribution in [2.75, 3.05) is 14.2 Å². The minimum atomic E-state index is -0.281. The zero-order chi connectivity index (χ0) is 12.1. The predicted octanol–water partition coefficient (Wildman–Crippen LogP) is 2.46. The third-order valence-corrected chi connectivity index (χ3v) is 2.73. The summed E-state index contributed by atoms with van der Waals surface area (Å²) in [6.07, 6.45) is 0.211. The molecule has 0 fully saturated rings. The van der Waals surface area contributed by atoms with E-state index in [1.165, 1.54) is 7.11 Å². The molecule has 0 amide bonds. The highest BCUT2D eigenvalue weighted by Crippen LogP contribution is 2.25. The summed E-state index contributed by atoms with van der Waals surface area (Å²) in [4.78, 5) is 11.2. The van der Waals surface area contributed by atoms with Crippen LogP contribution in [0.15, 0.2) is 12.1 Å². The van der Waals surface area contributed by atoms with E-state index in [1.54, 1.807) is 7.11 Å². The van der Waals surface area contributed by atoms with Gasteiger partial charge in [-0.2, -0.15) is 0 Å². The van der Waals surface area contributed by atoms with Gasteiger partial charge in [-0.3, -0.25) is 4.79 Å². The lowest BCUT2D eigenvalue weighted by Crippen LogP contribution is -2.06. The average Bonchev–Trinajstić information content (AvgIpc) is 2.29. The van der Waals surface area contributed by atoms with Crippen LogP contribution in [0.4, 0.5) is 0 Å². The normalized spacial score (nSPS) is 10.0. The Labute approximate surface area is 100 Å². The van der Waals surface area contributed by atoms with Gasteiger partial charge in [0.15, 0.2) is 0 Å². The molecule has 0 radical (unpaired) electrons. The van der Waals surface area contributed by atoms with Gasteiger partial charge in [-0.25, -0.2) is 0 Å². The highest BCUT2D eigenvalue weighted by atomic mass is 35.5. The molecule has 0 aliphatic carbocycles. The van der Waals surface area contributed by atoms with E-state index in [4.69, 9.17) is 16.3 Å². The van der Waals surface area contributed by atoms with Gasteiger partial charge in [-0.05, 0) is 24.1 Å². The summed E-state index contributed by atoms with van der Waals surface area (Å²) in [5.41, 5.74) is 2.88. The molecule has 0 aromatic heterocycles. The topological polar surface area (TPSA) is 35.5 Å². The van der Waals surface area contributed by atoms with Crippen LogP contribution in [0.25, 0.3) is 0 Å². The number of carbonyl (C=O) groups is 1. The van der Waals surface area contributed by atoms with Crippen molar-refractivity contribution in [2.24, 2.45) is 0 Å². The highest BCUT2D eigenvalue weighted by Gasteiger charge is 2.11. The van der Waals surface area contributed by atoms with E-state index in [-0.39, 0.29) is 12.4 Å². The summed E-state index contributed by atoms with van der Waals surface area (Å²) in [5.74, 6) is 0.823. The minimum absolute atomic E-state index is 0.211. The third kappa shape index (κ3) is 2.89. The summed E-state index contributed by atoms with van der Waals surface area (Å²) in [7, 11) is 2.94. The Kier molecular flexibility index (Phi) is 4.62. The van der Waals surface area contributed by atoms with E-state index in [1.807, 2.05) is 19.1 Å². The molecular formula is C12H15ClO3. The molecule has 1 aromatic rings. The smallest absolute Gasteiger partial charge is 0.310 e. The number of hydrogen-bond donors (Lipinski definition) is 0. The van der Waals surface area contributed by atoms with Crippen molar-refractivity contribution in [3.63, 3.8) is 0 Å². The second-order valence-electron chi connectivity index (χ2n) is 3.48. The molecule has 0 heterocycles. The number of rotatable bonds is 4. The van der Waals surface area contributed by atoms with Crippen LogP contribution in [0.1, 0.15) is 16.7 Å². The molecule has 0 spiro atoms. The number of carbonyl (C=O) groups excluding carboxylic acids is 1. The van der Waals surface area contributed by atoms with Crippen LogP contribution in [0.5, 0.6) is 5.75 Å². The van der Waals surface area contributed by atoms with Crippen LogP contribution in [0, 0.1) is 6.92 Å². The monoisotopic (exact) mass is 242 g/mol. The van der Waals surface area contributed by atoms with Crippen molar-refractivity contribution >= 4 is 17.6 Å². The minimum Gasteiger partial charge on any atom is -0.496 e. The SMILES string of the molecule is COC(=O)Cc1cc(C)c(CCl)cc1OC. The summed E-state index contributed by atoms with van der Waals surface area (Å²) >= 11 is 5.80. The molecular weight excluding hydrogens is 228 g/mol. The summed E-state index contributed by atoms with van der Waals surface area (Å²) < 4.78 is 9.85. The third-order valence-electron chi connectivity index (χ3n) is 2.45. The summed E-state index contributed by atoms with van der Waals surface area (Å²) in [6, 6.07) is 3.77. The van der Waals surface area contributed by atoms with Crippen molar-refractivity contribution in [1.29, 1.82) is 0 Å². The number of alkyl halides is 1. The summed E-state index contributed by atoms with van der Waals surface area (Å²) in [6.45, 7) is 1.96. The molecule has 3 nitrogen and oxygen atoms in total. The Hall–Kier alpha value is -1.22. The van der Waals surface area contributed by atoms with E-state index in [9.17, 15) is 4.79 Å². The standard InChI is InChI=1S/C12H15ClO3/c1-8-4-9(6-12(14)16-3)11(15-2)5-10(8)7-13/h4-5H,6-7H2,1-3H3. The van der Waals surface area contributed by atoms with Gasteiger partial charge in [0.05, 0.1) is 20.6 Å². The zero-order valence-electron chi connectivity index (χ0n) is 9.67. The number of halogens is 1. The Balaban J connectivity index is 3.08. The molecule has 0 bridgehead atoms. The number of hydrogen-bond acceptors (Lipinski definition) is 3. The molecule has 0 aliphatic rings. The number of aryl methyl sites for hydroxylation is 1. The quantitative estimate of drug-likeness (QED) is 0.601. The molecule has 16 heavy (non-hydrogen) atoms. The first-order valence-corrected chi connectivity index (χ1v) is 5.45. The molecule has 0 saturated carbocycles. The second kappa shape index (κ2) is 5.75. The molecule has 0 N–H and O–H groups in total. The molecule has 1 rings (SSSR count). The molecule has 88 valence electrons. The number of ether oxygens (including phenoxy) is 2. The van der Waals surface area contributed by atoms with Gasteiger partial charge in [0.1, 0.15) is 5.75 Å². The van der Waals surface area contributed by atoms with E-state index < -0.39 is 0 Å². The Morgan fingerprint density at radius 2 is 2.00 bits per heavy atom. The molecule has 0 unspecified atom stereocenters. The van der Waals surface area contributed by atoms with Crippen molar-refractivity contribution in [2.45, 2.75) is 19.2 Å². The molecule has 0 saturated heterocycles. The molecule has 1 aromatic carbocycles. The van der Waals surface area contributed by atoms with Crippen molar-refractivity contribution in [3.8, 4) is 5.75 Å². The first-order valence-electron chi connectivity index (χ1n) is 4.91. The van der Waals surface area contributed by atoms with Crippen LogP contribution < -0.4 is 4.74 Å². The fourth-order valence-corrected chi connectivity index (χ4v) is 1.78. The molecule has 0 atom stereocenters. The zero-order valence-corrected chi connectivity index (χ0v) is 10.4. The first kappa shape index (κ1) is 12.8. The van der Waals surface area contributed by atoms with Gasteiger partial charge in [-0.15, -0.1) is 11.6 Å². The number of methoxy groups -OCH3 is 2. The van der Waals surface area contributed by atoms with Gasteiger partial charge < -0.3 is 9.47 Å². The average molecular weight is 243 g/mol. The van der Waals surface area contributed by atoms with E-state index >= 15 is 0 Å². The molecule has 4 heteroatoms. The largest absolute Gasteiger partial charge is 0.496 e. The Morgan fingerprint density at radius 1 is 1.31 bits per heavy atom. The first-order chi connectivity index (χ1) is 7.62. The highest BCUT2D eigenvalue weighted by molar-refractivity contribution is 6.17. The summed E-state index contributed by atoms with van der Waals surface area (Å²) in [5, 5.41) is 0. The fraction of sp³-hybridized carbons (Fsp3) is 0.417. The van der Waals surface area contributed by atoms with Crippen LogP contribution in [-0.4, -0.2) is 20.2 Å². The Morgan fingerprint density at radius 3 is 2.50 bits per heavy atom. The van der Waals surface area contributed by atoms with Crippen LogP contribution in [-0.2, 0) is 21.8 Å². The van der Waals surface area contributed by atoms with Gasteiger partial charge in [0, 0.05) is 11.4 Å². The van der Waals surface area contributed by atoms with Crippen molar-refractivity contribution < 1.29 is 14.3 Å². The van der Waals surface area contributed by atoms with Gasteiger partial charge in [0.25, 0.3) is 0 Å². The van der Waals surface area contributed by atoms with E-state index in [0.29, 0.717) is 11.6 Å². The fourth-order valence-electron chi connectivity index (χ4n) is 1.49. The van der Waals surface area contributed by atoms with Crippen molar-refractivity contribution in [1.82, 2.24) is 0 Å². The van der Waals surface area contributed by atoms with E-state index in [2.05, 4.69) is 4.74 Å². The van der Waals surface area contributed by atoms with Gasteiger partial charge in [0.2, 0.25) is 0 Å².